The minimum Gasteiger partial charge on any atom is -0.497 e. The number of fused-ring (bicyclic) bond motifs is 1. The topological polar surface area (TPSA) is 60.5 Å². The van der Waals surface area contributed by atoms with Crippen LogP contribution in [-0.2, 0) is 6.54 Å². The van der Waals surface area contributed by atoms with Crippen LogP contribution in [0, 0.1) is 0 Å². The van der Waals surface area contributed by atoms with E-state index < -0.39 is 0 Å². The number of carbonyl (C=O) groups is 1. The van der Waals surface area contributed by atoms with Gasteiger partial charge in [-0.25, -0.2) is 4.68 Å². The van der Waals surface area contributed by atoms with Gasteiger partial charge in [-0.15, -0.1) is 0 Å². The molecule has 0 atom stereocenters. The average molecular weight is 361 g/mol. The number of nitrogens with zero attached hydrogens (tertiary/aromatic N) is 3. The van der Waals surface area contributed by atoms with Gasteiger partial charge in [0.15, 0.2) is 0 Å². The lowest BCUT2D eigenvalue weighted by Crippen LogP contribution is -2.25. The Balaban J connectivity index is 1.50. The number of carbonyl (C=O) groups excluding carboxylic acids is 1. The second-order valence-corrected chi connectivity index (χ2v) is 6.33. The molecule has 2 heterocycles. The van der Waals surface area contributed by atoms with Crippen molar-refractivity contribution in [3.8, 4) is 11.4 Å². The van der Waals surface area contributed by atoms with Crippen LogP contribution in [0.4, 0.5) is 0 Å². The molecule has 0 aliphatic heterocycles. The number of hydrogen-bond acceptors (Lipinski definition) is 4. The molecule has 0 N–H and O–H groups in total. The van der Waals surface area contributed by atoms with Gasteiger partial charge >= 0.3 is 0 Å². The standard InChI is InChI=1S/C21H19N3O3/c1-23(21(25)17-6-7-20-16(10-17)8-9-27-20)13-15-12-22-24(14-15)18-4-3-5-19(11-18)26-2/h3-12,14H,13H2,1-2H3. The largest absolute Gasteiger partial charge is 0.497 e. The molecule has 0 spiro atoms. The van der Waals surface area contributed by atoms with Gasteiger partial charge in [0.1, 0.15) is 11.3 Å². The molecule has 1 amide bonds. The first-order valence-electron chi connectivity index (χ1n) is 8.55. The molecular weight excluding hydrogens is 342 g/mol. The zero-order valence-electron chi connectivity index (χ0n) is 15.1. The van der Waals surface area contributed by atoms with Gasteiger partial charge in [-0.2, -0.15) is 5.10 Å². The van der Waals surface area contributed by atoms with Crippen LogP contribution >= 0.6 is 0 Å². The number of aromatic nitrogens is 2. The van der Waals surface area contributed by atoms with E-state index in [9.17, 15) is 4.79 Å². The summed E-state index contributed by atoms with van der Waals surface area (Å²) >= 11 is 0. The lowest BCUT2D eigenvalue weighted by molar-refractivity contribution is 0.0785. The fourth-order valence-electron chi connectivity index (χ4n) is 3.00. The zero-order chi connectivity index (χ0) is 18.8. The van der Waals surface area contributed by atoms with E-state index in [1.165, 1.54) is 0 Å². The van der Waals surface area contributed by atoms with E-state index in [1.54, 1.807) is 42.3 Å². The number of benzene rings is 2. The quantitative estimate of drug-likeness (QED) is 0.541. The second-order valence-electron chi connectivity index (χ2n) is 6.33. The van der Waals surface area contributed by atoms with Crippen molar-refractivity contribution in [3.63, 3.8) is 0 Å². The zero-order valence-corrected chi connectivity index (χ0v) is 15.1. The summed E-state index contributed by atoms with van der Waals surface area (Å²) in [5, 5.41) is 5.31. The highest BCUT2D eigenvalue weighted by Gasteiger charge is 2.14. The molecule has 27 heavy (non-hydrogen) atoms. The van der Waals surface area contributed by atoms with Crippen molar-refractivity contribution < 1.29 is 13.9 Å². The molecule has 0 saturated heterocycles. The Morgan fingerprint density at radius 3 is 2.96 bits per heavy atom. The Morgan fingerprint density at radius 1 is 1.22 bits per heavy atom. The molecule has 4 rings (SSSR count). The molecule has 6 heteroatoms. The molecule has 2 aromatic heterocycles. The highest BCUT2D eigenvalue weighted by atomic mass is 16.5. The Labute approximate surface area is 156 Å². The number of methoxy groups -OCH3 is 1. The summed E-state index contributed by atoms with van der Waals surface area (Å²) in [6.45, 7) is 0.465. The summed E-state index contributed by atoms with van der Waals surface area (Å²) < 4.78 is 12.3. The molecule has 0 radical (unpaired) electrons. The van der Waals surface area contributed by atoms with Crippen LogP contribution in [0.25, 0.3) is 16.7 Å². The molecule has 0 saturated carbocycles. The molecule has 6 nitrogen and oxygen atoms in total. The molecule has 4 aromatic rings. The third-order valence-corrected chi connectivity index (χ3v) is 4.42. The van der Waals surface area contributed by atoms with E-state index in [4.69, 9.17) is 9.15 Å². The summed E-state index contributed by atoms with van der Waals surface area (Å²) in [6.07, 6.45) is 5.30. The Bertz CT molecular complexity index is 1100. The third-order valence-electron chi connectivity index (χ3n) is 4.42. The normalized spacial score (nSPS) is 10.9. The lowest BCUT2D eigenvalue weighted by atomic mass is 10.1. The molecule has 0 bridgehead atoms. The fraction of sp³-hybridized carbons (Fsp3) is 0.143. The van der Waals surface area contributed by atoms with Gasteiger partial charge < -0.3 is 14.1 Å². The molecule has 0 unspecified atom stereocenters. The smallest absolute Gasteiger partial charge is 0.253 e. The molecule has 0 fully saturated rings. The van der Waals surface area contributed by atoms with E-state index in [0.717, 1.165) is 28.0 Å². The van der Waals surface area contributed by atoms with Crippen molar-refractivity contribution in [1.82, 2.24) is 14.7 Å². The number of ether oxygens (including phenoxy) is 1. The van der Waals surface area contributed by atoms with Crippen molar-refractivity contribution in [2.75, 3.05) is 14.2 Å². The lowest BCUT2D eigenvalue weighted by Gasteiger charge is -2.16. The van der Waals surface area contributed by atoms with Crippen LogP contribution in [-0.4, -0.2) is 34.7 Å². The predicted octanol–water partition coefficient (Wildman–Crippen LogP) is 3.90. The van der Waals surface area contributed by atoms with Crippen LogP contribution in [0.15, 0.2) is 71.6 Å². The van der Waals surface area contributed by atoms with Gasteiger partial charge in [0.05, 0.1) is 25.3 Å². The van der Waals surface area contributed by atoms with Crippen molar-refractivity contribution in [2.45, 2.75) is 6.54 Å². The highest BCUT2D eigenvalue weighted by molar-refractivity contribution is 5.97. The SMILES string of the molecule is COc1cccc(-n2cc(CN(C)C(=O)c3ccc4occc4c3)cn2)c1. The molecule has 136 valence electrons. The average Bonchev–Trinajstić information content (AvgIpc) is 3.36. The van der Waals surface area contributed by atoms with Gasteiger partial charge in [-0.05, 0) is 36.4 Å². The minimum absolute atomic E-state index is 0.0489. The Hall–Kier alpha value is -3.54. The number of hydrogen-bond donors (Lipinski definition) is 0. The van der Waals surface area contributed by atoms with Crippen molar-refractivity contribution in [1.29, 1.82) is 0 Å². The molecule has 0 aliphatic carbocycles. The number of amides is 1. The Morgan fingerprint density at radius 2 is 2.11 bits per heavy atom. The molecular formula is C21H19N3O3. The van der Waals surface area contributed by atoms with Gasteiger partial charge in [0, 0.05) is 42.4 Å². The van der Waals surface area contributed by atoms with E-state index in [1.807, 2.05) is 48.7 Å². The van der Waals surface area contributed by atoms with Crippen LogP contribution < -0.4 is 4.74 Å². The summed E-state index contributed by atoms with van der Waals surface area (Å²) in [5.74, 6) is 0.721. The first-order chi connectivity index (χ1) is 13.1. The van der Waals surface area contributed by atoms with Gasteiger partial charge in [0.25, 0.3) is 5.91 Å². The highest BCUT2D eigenvalue weighted by Crippen LogP contribution is 2.19. The van der Waals surface area contributed by atoms with Crippen LogP contribution in [0.2, 0.25) is 0 Å². The maximum absolute atomic E-state index is 12.7. The minimum atomic E-state index is -0.0489. The summed E-state index contributed by atoms with van der Waals surface area (Å²) in [5.41, 5.74) is 3.25. The van der Waals surface area contributed by atoms with Gasteiger partial charge in [0.2, 0.25) is 0 Å². The van der Waals surface area contributed by atoms with E-state index in [-0.39, 0.29) is 5.91 Å². The summed E-state index contributed by atoms with van der Waals surface area (Å²) in [4.78, 5) is 14.4. The Kier molecular flexibility index (Phi) is 4.38. The maximum atomic E-state index is 12.7. The number of rotatable bonds is 5. The van der Waals surface area contributed by atoms with E-state index >= 15 is 0 Å². The van der Waals surface area contributed by atoms with Crippen molar-refractivity contribution in [2.24, 2.45) is 0 Å². The maximum Gasteiger partial charge on any atom is 0.253 e. The van der Waals surface area contributed by atoms with Crippen LogP contribution in [0.1, 0.15) is 15.9 Å². The van der Waals surface area contributed by atoms with Crippen LogP contribution in [0.3, 0.4) is 0 Å². The molecule has 0 aliphatic rings. The first-order valence-corrected chi connectivity index (χ1v) is 8.55. The first kappa shape index (κ1) is 16.9. The fourth-order valence-corrected chi connectivity index (χ4v) is 3.00. The van der Waals surface area contributed by atoms with Crippen molar-refractivity contribution >= 4 is 16.9 Å². The number of furan rings is 1. The van der Waals surface area contributed by atoms with E-state index in [0.29, 0.717) is 12.1 Å². The van der Waals surface area contributed by atoms with Gasteiger partial charge in [-0.1, -0.05) is 6.07 Å². The van der Waals surface area contributed by atoms with E-state index in [2.05, 4.69) is 5.10 Å². The summed E-state index contributed by atoms with van der Waals surface area (Å²) in [6, 6.07) is 15.0. The second kappa shape index (κ2) is 6.99. The molecule has 2 aromatic carbocycles. The van der Waals surface area contributed by atoms with Gasteiger partial charge in [-0.3, -0.25) is 4.79 Å². The monoisotopic (exact) mass is 361 g/mol. The van der Waals surface area contributed by atoms with Crippen molar-refractivity contribution in [3.05, 3.63) is 78.3 Å². The summed E-state index contributed by atoms with van der Waals surface area (Å²) in [7, 11) is 3.42. The van der Waals surface area contributed by atoms with Crippen LogP contribution in [0.5, 0.6) is 5.75 Å². The predicted molar refractivity (Wildman–Crippen MR) is 102 cm³/mol. The third kappa shape index (κ3) is 3.42.